The molecule has 29 heavy (non-hydrogen) atoms. The van der Waals surface area contributed by atoms with E-state index in [2.05, 4.69) is 49.8 Å². The molecule has 0 aliphatic carbocycles. The predicted octanol–water partition coefficient (Wildman–Crippen LogP) is 2.29. The molecule has 1 aliphatic heterocycles. The Kier molecular flexibility index (Phi) is 10.9. The number of halogens is 1. The van der Waals surface area contributed by atoms with Crippen molar-refractivity contribution in [2.24, 2.45) is 4.99 Å². The van der Waals surface area contributed by atoms with Gasteiger partial charge in [0.05, 0.1) is 5.69 Å². The van der Waals surface area contributed by atoms with Gasteiger partial charge >= 0.3 is 0 Å². The van der Waals surface area contributed by atoms with Crippen molar-refractivity contribution in [3.8, 4) is 0 Å². The summed E-state index contributed by atoms with van der Waals surface area (Å²) in [7, 11) is 0. The maximum absolute atomic E-state index is 4.74. The molecular formula is C20H33IN8. The molecule has 0 bridgehead atoms. The topological polar surface area (TPSA) is 83.3 Å². The first-order chi connectivity index (χ1) is 13.8. The third-order valence-corrected chi connectivity index (χ3v) is 4.95. The minimum atomic E-state index is 0. The zero-order valence-electron chi connectivity index (χ0n) is 17.2. The fourth-order valence-corrected chi connectivity index (χ4v) is 3.40. The summed E-state index contributed by atoms with van der Waals surface area (Å²) in [6, 6.07) is 6.61. The number of hydrogen-bond donors (Lipinski definition) is 2. The summed E-state index contributed by atoms with van der Waals surface area (Å²) in [5.74, 6) is 0.940. The molecule has 0 unspecified atom stereocenters. The van der Waals surface area contributed by atoms with Gasteiger partial charge in [0.2, 0.25) is 0 Å². The van der Waals surface area contributed by atoms with E-state index in [0.29, 0.717) is 6.04 Å². The van der Waals surface area contributed by atoms with Gasteiger partial charge < -0.3 is 15.2 Å². The van der Waals surface area contributed by atoms with Crippen LogP contribution in [0.5, 0.6) is 0 Å². The fourth-order valence-electron chi connectivity index (χ4n) is 3.40. The van der Waals surface area contributed by atoms with Gasteiger partial charge in [0, 0.05) is 51.5 Å². The number of pyridine rings is 1. The Labute approximate surface area is 190 Å². The molecular weight excluding hydrogens is 479 g/mol. The summed E-state index contributed by atoms with van der Waals surface area (Å²) in [4.78, 5) is 11.7. The highest BCUT2D eigenvalue weighted by Gasteiger charge is 2.20. The van der Waals surface area contributed by atoms with Gasteiger partial charge in [0.25, 0.3) is 0 Å². The van der Waals surface area contributed by atoms with Crippen LogP contribution >= 0.6 is 24.0 Å². The average molecular weight is 512 g/mol. The zero-order chi connectivity index (χ0) is 19.4. The maximum Gasteiger partial charge on any atom is 0.191 e. The molecule has 2 aromatic heterocycles. The molecule has 1 saturated heterocycles. The molecule has 0 atom stereocenters. The molecule has 1 fully saturated rings. The normalized spacial score (nSPS) is 15.7. The van der Waals surface area contributed by atoms with E-state index < -0.39 is 0 Å². The van der Waals surface area contributed by atoms with Gasteiger partial charge in [-0.2, -0.15) is 0 Å². The van der Waals surface area contributed by atoms with E-state index in [1.54, 1.807) is 12.7 Å². The summed E-state index contributed by atoms with van der Waals surface area (Å²) >= 11 is 0. The van der Waals surface area contributed by atoms with Gasteiger partial charge in [-0.15, -0.1) is 34.2 Å². The first kappa shape index (κ1) is 23.5. The van der Waals surface area contributed by atoms with Crippen LogP contribution in [0, 0.1) is 0 Å². The average Bonchev–Trinajstić information content (AvgIpc) is 3.24. The third-order valence-electron chi connectivity index (χ3n) is 4.95. The Morgan fingerprint density at radius 1 is 1.17 bits per heavy atom. The van der Waals surface area contributed by atoms with E-state index in [4.69, 9.17) is 4.99 Å². The van der Waals surface area contributed by atoms with Gasteiger partial charge in [-0.1, -0.05) is 6.07 Å². The number of hydrogen-bond acceptors (Lipinski definition) is 5. The number of piperidine rings is 1. The number of aliphatic imine (C=N–C) groups is 1. The zero-order valence-corrected chi connectivity index (χ0v) is 19.5. The molecule has 160 valence electrons. The molecule has 8 nitrogen and oxygen atoms in total. The second-order valence-corrected chi connectivity index (χ2v) is 7.18. The van der Waals surface area contributed by atoms with E-state index in [0.717, 1.165) is 76.6 Å². The first-order valence-electron chi connectivity index (χ1n) is 10.3. The van der Waals surface area contributed by atoms with Crippen molar-refractivity contribution in [1.82, 2.24) is 35.3 Å². The van der Waals surface area contributed by atoms with E-state index in [9.17, 15) is 0 Å². The molecule has 0 spiro atoms. The summed E-state index contributed by atoms with van der Waals surface area (Å²) in [6.45, 7) is 7.88. The summed E-state index contributed by atoms with van der Waals surface area (Å²) in [5, 5.41) is 14.6. The van der Waals surface area contributed by atoms with Crippen LogP contribution in [0.2, 0.25) is 0 Å². The molecule has 9 heteroatoms. The maximum atomic E-state index is 4.74. The van der Waals surface area contributed by atoms with Crippen LogP contribution in [0.15, 0.2) is 42.0 Å². The van der Waals surface area contributed by atoms with Gasteiger partial charge in [0.1, 0.15) is 12.7 Å². The highest BCUT2D eigenvalue weighted by Crippen LogP contribution is 2.13. The minimum absolute atomic E-state index is 0. The Morgan fingerprint density at radius 3 is 2.66 bits per heavy atom. The Hall–Kier alpha value is -1.75. The SMILES string of the molecule is CCNC(=NCCCCn1cnnc1)NC1CCN(Cc2ccccn2)CC1.I. The molecule has 1 aliphatic rings. The molecule has 2 aromatic rings. The van der Waals surface area contributed by atoms with E-state index in [1.165, 1.54) is 0 Å². The van der Waals surface area contributed by atoms with E-state index in [-0.39, 0.29) is 24.0 Å². The van der Waals surface area contributed by atoms with Crippen molar-refractivity contribution in [2.75, 3.05) is 26.2 Å². The molecule has 3 heterocycles. The van der Waals surface area contributed by atoms with Crippen LogP contribution in [0.1, 0.15) is 38.3 Å². The third kappa shape index (κ3) is 8.65. The molecule has 0 aromatic carbocycles. The van der Waals surface area contributed by atoms with Crippen LogP contribution in [-0.2, 0) is 13.1 Å². The van der Waals surface area contributed by atoms with Crippen molar-refractivity contribution >= 4 is 29.9 Å². The molecule has 0 radical (unpaired) electrons. The van der Waals surface area contributed by atoms with Crippen molar-refractivity contribution in [3.05, 3.63) is 42.7 Å². The minimum Gasteiger partial charge on any atom is -0.357 e. The molecule has 0 saturated carbocycles. The van der Waals surface area contributed by atoms with Crippen LogP contribution in [0.25, 0.3) is 0 Å². The van der Waals surface area contributed by atoms with Crippen molar-refractivity contribution in [3.63, 3.8) is 0 Å². The highest BCUT2D eigenvalue weighted by molar-refractivity contribution is 14.0. The monoisotopic (exact) mass is 512 g/mol. The number of aromatic nitrogens is 4. The van der Waals surface area contributed by atoms with E-state index in [1.807, 2.05) is 16.8 Å². The molecule has 3 rings (SSSR count). The Balaban J connectivity index is 0.00000300. The molecule has 2 N–H and O–H groups in total. The lowest BCUT2D eigenvalue weighted by Gasteiger charge is -2.32. The second kappa shape index (κ2) is 13.5. The number of unbranched alkanes of at least 4 members (excludes halogenated alkanes) is 1. The lowest BCUT2D eigenvalue weighted by Crippen LogP contribution is -2.48. The Bertz CT molecular complexity index is 684. The number of nitrogens with one attached hydrogen (secondary N) is 2. The Morgan fingerprint density at radius 2 is 1.97 bits per heavy atom. The van der Waals surface area contributed by atoms with Crippen LogP contribution in [0.4, 0.5) is 0 Å². The lowest BCUT2D eigenvalue weighted by atomic mass is 10.0. The smallest absolute Gasteiger partial charge is 0.191 e. The van der Waals surface area contributed by atoms with Crippen LogP contribution in [0.3, 0.4) is 0 Å². The van der Waals surface area contributed by atoms with Gasteiger partial charge in [0.15, 0.2) is 5.96 Å². The quantitative estimate of drug-likeness (QED) is 0.232. The number of nitrogens with zero attached hydrogens (tertiary/aromatic N) is 6. The van der Waals surface area contributed by atoms with Crippen molar-refractivity contribution in [2.45, 2.75) is 51.7 Å². The van der Waals surface area contributed by atoms with E-state index >= 15 is 0 Å². The summed E-state index contributed by atoms with van der Waals surface area (Å²) < 4.78 is 2.01. The highest BCUT2D eigenvalue weighted by atomic mass is 127. The van der Waals surface area contributed by atoms with Gasteiger partial charge in [-0.25, -0.2) is 0 Å². The van der Waals surface area contributed by atoms with Gasteiger partial charge in [-0.3, -0.25) is 14.9 Å². The number of likely N-dealkylation sites (tertiary alicyclic amines) is 1. The van der Waals surface area contributed by atoms with Crippen molar-refractivity contribution < 1.29 is 0 Å². The first-order valence-corrected chi connectivity index (χ1v) is 10.3. The fraction of sp³-hybridized carbons (Fsp3) is 0.600. The second-order valence-electron chi connectivity index (χ2n) is 7.18. The van der Waals surface area contributed by atoms with Crippen molar-refractivity contribution in [1.29, 1.82) is 0 Å². The summed E-state index contributed by atoms with van der Waals surface area (Å²) in [5.41, 5.74) is 1.15. The number of aryl methyl sites for hydroxylation is 1. The predicted molar refractivity (Wildman–Crippen MR) is 126 cm³/mol. The lowest BCUT2D eigenvalue weighted by molar-refractivity contribution is 0.196. The number of guanidine groups is 1. The molecule has 0 amide bonds. The largest absolute Gasteiger partial charge is 0.357 e. The standard InChI is InChI=1S/C20H32N8.HI/c1-2-21-20(23-11-5-6-12-28-16-24-25-17-28)26-18-8-13-27(14-9-18)15-19-7-3-4-10-22-19;/h3-4,7,10,16-18H,2,5-6,8-9,11-15H2,1H3,(H2,21,23,26);1H. The van der Waals surface area contributed by atoms with Gasteiger partial charge in [-0.05, 0) is 44.7 Å². The van der Waals surface area contributed by atoms with Crippen LogP contribution in [-0.4, -0.2) is 62.8 Å². The number of rotatable bonds is 9. The van der Waals surface area contributed by atoms with Crippen LogP contribution < -0.4 is 10.6 Å². The summed E-state index contributed by atoms with van der Waals surface area (Å²) in [6.07, 6.45) is 9.78.